The number of terminal acetylenes is 1. The predicted octanol–water partition coefficient (Wildman–Crippen LogP) is 1.33. The van der Waals surface area contributed by atoms with Crippen LogP contribution in [0.3, 0.4) is 0 Å². The molecule has 0 heterocycles. The highest BCUT2D eigenvalue weighted by atomic mass is 16.5. The highest BCUT2D eigenvalue weighted by molar-refractivity contribution is 5.76. The zero-order valence-electron chi connectivity index (χ0n) is 9.29. The first-order valence-corrected chi connectivity index (χ1v) is 5.63. The highest BCUT2D eigenvalue weighted by Crippen LogP contribution is 2.28. The van der Waals surface area contributed by atoms with Crippen molar-refractivity contribution in [2.75, 3.05) is 13.2 Å². The van der Waals surface area contributed by atoms with Crippen LogP contribution in [0.5, 0.6) is 0 Å². The number of hydrogen-bond donors (Lipinski definition) is 1. The monoisotopic (exact) mass is 209 g/mol. The number of carbonyl (C=O) groups excluding carboxylic acids is 1. The van der Waals surface area contributed by atoms with E-state index < -0.39 is 0 Å². The number of rotatable bonds is 5. The third-order valence-corrected chi connectivity index (χ3v) is 2.84. The van der Waals surface area contributed by atoms with Crippen LogP contribution in [-0.4, -0.2) is 25.2 Å². The van der Waals surface area contributed by atoms with E-state index in [1.807, 2.05) is 6.92 Å². The van der Waals surface area contributed by atoms with E-state index in [2.05, 4.69) is 11.2 Å². The first-order valence-electron chi connectivity index (χ1n) is 5.63. The second-order valence-electron chi connectivity index (χ2n) is 3.86. The van der Waals surface area contributed by atoms with Crippen molar-refractivity contribution in [3.8, 4) is 12.3 Å². The van der Waals surface area contributed by atoms with E-state index in [1.54, 1.807) is 0 Å². The van der Waals surface area contributed by atoms with Crippen LogP contribution in [0.4, 0.5) is 0 Å². The maximum absolute atomic E-state index is 11.7. The molecule has 3 nitrogen and oxygen atoms in total. The third-order valence-electron chi connectivity index (χ3n) is 2.84. The van der Waals surface area contributed by atoms with Gasteiger partial charge in [-0.05, 0) is 25.7 Å². The number of carbonyl (C=O) groups is 1. The summed E-state index contributed by atoms with van der Waals surface area (Å²) >= 11 is 0. The van der Waals surface area contributed by atoms with Crippen LogP contribution in [0.2, 0.25) is 0 Å². The van der Waals surface area contributed by atoms with Crippen LogP contribution in [0.1, 0.15) is 32.6 Å². The molecule has 0 aromatic rings. The quantitative estimate of drug-likeness (QED) is 0.548. The summed E-state index contributed by atoms with van der Waals surface area (Å²) in [6, 6.07) is -0.205. The van der Waals surface area contributed by atoms with Crippen molar-refractivity contribution < 1.29 is 9.53 Å². The first-order chi connectivity index (χ1) is 7.29. The zero-order valence-corrected chi connectivity index (χ0v) is 9.29. The van der Waals surface area contributed by atoms with Gasteiger partial charge in [-0.2, -0.15) is 0 Å². The molecule has 0 radical (unpaired) electrons. The van der Waals surface area contributed by atoms with Crippen molar-refractivity contribution in [2.24, 2.45) is 5.92 Å². The molecule has 1 fully saturated rings. The van der Waals surface area contributed by atoms with Gasteiger partial charge in [0.1, 0.15) is 6.04 Å². The molecule has 0 amide bonds. The summed E-state index contributed by atoms with van der Waals surface area (Å²) in [5.41, 5.74) is 0. The number of hydrogen-bond acceptors (Lipinski definition) is 3. The molecule has 3 heteroatoms. The van der Waals surface area contributed by atoms with Crippen molar-refractivity contribution in [2.45, 2.75) is 38.6 Å². The molecular weight excluding hydrogens is 190 g/mol. The van der Waals surface area contributed by atoms with Gasteiger partial charge in [-0.15, -0.1) is 6.42 Å². The molecule has 1 rings (SSSR count). The fourth-order valence-electron chi connectivity index (χ4n) is 2.13. The van der Waals surface area contributed by atoms with Crippen molar-refractivity contribution in [3.63, 3.8) is 0 Å². The van der Waals surface area contributed by atoms with Gasteiger partial charge in [0.25, 0.3) is 0 Å². The molecule has 0 bridgehead atoms. The summed E-state index contributed by atoms with van der Waals surface area (Å²) in [6.07, 6.45) is 9.79. The average Bonchev–Trinajstić information content (AvgIpc) is 2.72. The molecule has 1 N–H and O–H groups in total. The van der Waals surface area contributed by atoms with Gasteiger partial charge >= 0.3 is 5.97 Å². The molecule has 15 heavy (non-hydrogen) atoms. The summed E-state index contributed by atoms with van der Waals surface area (Å²) in [4.78, 5) is 11.7. The van der Waals surface area contributed by atoms with Crippen molar-refractivity contribution in [1.82, 2.24) is 5.32 Å². The topological polar surface area (TPSA) is 38.3 Å². The van der Waals surface area contributed by atoms with Gasteiger partial charge in [0.05, 0.1) is 13.2 Å². The van der Waals surface area contributed by atoms with Crippen LogP contribution in [0, 0.1) is 18.3 Å². The van der Waals surface area contributed by atoms with E-state index in [1.165, 1.54) is 12.8 Å². The second-order valence-corrected chi connectivity index (χ2v) is 3.86. The van der Waals surface area contributed by atoms with Crippen molar-refractivity contribution >= 4 is 5.97 Å². The molecule has 0 aromatic heterocycles. The largest absolute Gasteiger partial charge is 0.465 e. The molecule has 0 spiro atoms. The average molecular weight is 209 g/mol. The number of nitrogens with one attached hydrogen (secondary N) is 1. The Labute approximate surface area is 91.6 Å². The normalized spacial score (nSPS) is 18.4. The number of esters is 1. The first kappa shape index (κ1) is 12.1. The summed E-state index contributed by atoms with van der Waals surface area (Å²) in [7, 11) is 0. The molecule has 0 saturated heterocycles. The molecular formula is C12H19NO2. The van der Waals surface area contributed by atoms with E-state index in [9.17, 15) is 4.79 Å². The molecule has 1 unspecified atom stereocenters. The lowest BCUT2D eigenvalue weighted by molar-refractivity contribution is -0.147. The van der Waals surface area contributed by atoms with Gasteiger partial charge in [-0.3, -0.25) is 10.1 Å². The minimum absolute atomic E-state index is 0.153. The van der Waals surface area contributed by atoms with Crippen LogP contribution >= 0.6 is 0 Å². The van der Waals surface area contributed by atoms with Crippen LogP contribution in [0.15, 0.2) is 0 Å². The maximum Gasteiger partial charge on any atom is 0.323 e. The summed E-state index contributed by atoms with van der Waals surface area (Å²) in [6.45, 7) is 2.69. The highest BCUT2D eigenvalue weighted by Gasteiger charge is 2.30. The Morgan fingerprint density at radius 3 is 2.80 bits per heavy atom. The molecule has 0 aliphatic heterocycles. The van der Waals surface area contributed by atoms with Gasteiger partial charge in [0, 0.05) is 0 Å². The van der Waals surface area contributed by atoms with E-state index in [-0.39, 0.29) is 12.0 Å². The molecule has 1 aliphatic carbocycles. The lowest BCUT2D eigenvalue weighted by atomic mass is 9.98. The molecule has 1 saturated carbocycles. The summed E-state index contributed by atoms with van der Waals surface area (Å²) in [5.74, 6) is 2.75. The van der Waals surface area contributed by atoms with Gasteiger partial charge in [0.2, 0.25) is 0 Å². The SMILES string of the molecule is C#CCNC(C(=O)OCC)C1CCCC1. The molecule has 84 valence electrons. The van der Waals surface area contributed by atoms with E-state index in [0.29, 0.717) is 19.1 Å². The van der Waals surface area contributed by atoms with Crippen LogP contribution in [0.25, 0.3) is 0 Å². The lowest BCUT2D eigenvalue weighted by Gasteiger charge is -2.21. The Bertz CT molecular complexity index is 238. The Kier molecular flexibility index (Phi) is 5.20. The van der Waals surface area contributed by atoms with Crippen molar-refractivity contribution in [3.05, 3.63) is 0 Å². The second kappa shape index (κ2) is 6.47. The lowest BCUT2D eigenvalue weighted by Crippen LogP contribution is -2.43. The minimum Gasteiger partial charge on any atom is -0.465 e. The Balaban J connectivity index is 2.51. The van der Waals surface area contributed by atoms with Gasteiger partial charge in [0.15, 0.2) is 0 Å². The van der Waals surface area contributed by atoms with Gasteiger partial charge in [-0.1, -0.05) is 18.8 Å². The Hall–Kier alpha value is -1.01. The standard InChI is InChI=1S/C12H19NO2/c1-3-9-13-11(12(14)15-4-2)10-7-5-6-8-10/h1,10-11,13H,4-9H2,2H3. The van der Waals surface area contributed by atoms with E-state index in [4.69, 9.17) is 11.2 Å². The third kappa shape index (κ3) is 3.56. The summed E-state index contributed by atoms with van der Waals surface area (Å²) in [5, 5.41) is 3.09. The maximum atomic E-state index is 11.7. The molecule has 0 aromatic carbocycles. The van der Waals surface area contributed by atoms with Crippen LogP contribution in [-0.2, 0) is 9.53 Å². The summed E-state index contributed by atoms with van der Waals surface area (Å²) < 4.78 is 5.04. The fourth-order valence-corrected chi connectivity index (χ4v) is 2.13. The smallest absolute Gasteiger partial charge is 0.323 e. The zero-order chi connectivity index (χ0) is 11.1. The minimum atomic E-state index is -0.205. The Morgan fingerprint density at radius 2 is 2.27 bits per heavy atom. The van der Waals surface area contributed by atoms with E-state index in [0.717, 1.165) is 12.8 Å². The molecule has 1 aliphatic rings. The number of ether oxygens (including phenoxy) is 1. The van der Waals surface area contributed by atoms with E-state index >= 15 is 0 Å². The molecule has 1 atom stereocenters. The Morgan fingerprint density at radius 1 is 1.60 bits per heavy atom. The van der Waals surface area contributed by atoms with Crippen molar-refractivity contribution in [1.29, 1.82) is 0 Å². The van der Waals surface area contributed by atoms with Gasteiger partial charge in [-0.25, -0.2) is 0 Å². The van der Waals surface area contributed by atoms with Crippen LogP contribution < -0.4 is 5.32 Å². The predicted molar refractivity (Wildman–Crippen MR) is 59.2 cm³/mol. The van der Waals surface area contributed by atoms with Gasteiger partial charge < -0.3 is 4.74 Å². The fraction of sp³-hybridized carbons (Fsp3) is 0.750.